The summed E-state index contributed by atoms with van der Waals surface area (Å²) in [7, 11) is 4.66. The minimum absolute atomic E-state index is 0.213. The first-order valence-electron chi connectivity index (χ1n) is 5.52. The SMILES string of the molecule is COc1cc(OC)c(-n2nnnc2CN)cc1OC. The maximum absolute atomic E-state index is 5.59. The van der Waals surface area contributed by atoms with Gasteiger partial charge in [-0.05, 0) is 10.4 Å². The molecule has 8 nitrogen and oxygen atoms in total. The van der Waals surface area contributed by atoms with Crippen LogP contribution in [0.4, 0.5) is 0 Å². The molecule has 0 aliphatic heterocycles. The zero-order chi connectivity index (χ0) is 13.8. The molecule has 1 heterocycles. The first-order chi connectivity index (χ1) is 9.24. The molecule has 0 fully saturated rings. The number of tetrazole rings is 1. The van der Waals surface area contributed by atoms with E-state index in [0.717, 1.165) is 0 Å². The van der Waals surface area contributed by atoms with Crippen molar-refractivity contribution < 1.29 is 14.2 Å². The Morgan fingerprint density at radius 2 is 1.68 bits per heavy atom. The highest BCUT2D eigenvalue weighted by molar-refractivity contribution is 5.57. The van der Waals surface area contributed by atoms with Gasteiger partial charge in [-0.1, -0.05) is 0 Å². The molecular formula is C11H15N5O3. The van der Waals surface area contributed by atoms with Crippen LogP contribution in [-0.2, 0) is 6.54 Å². The van der Waals surface area contributed by atoms with Crippen molar-refractivity contribution in [3.05, 3.63) is 18.0 Å². The average Bonchev–Trinajstić information content (AvgIpc) is 2.93. The minimum atomic E-state index is 0.213. The smallest absolute Gasteiger partial charge is 0.170 e. The molecule has 2 aromatic rings. The fraction of sp³-hybridized carbons (Fsp3) is 0.364. The molecule has 2 rings (SSSR count). The lowest BCUT2D eigenvalue weighted by Crippen LogP contribution is -2.09. The van der Waals surface area contributed by atoms with Gasteiger partial charge in [-0.2, -0.15) is 4.68 Å². The highest BCUT2D eigenvalue weighted by atomic mass is 16.5. The predicted octanol–water partition coefficient (Wildman–Crippen LogP) is 0.147. The molecular weight excluding hydrogens is 250 g/mol. The molecule has 2 N–H and O–H groups in total. The Bertz CT molecular complexity index is 569. The Kier molecular flexibility index (Phi) is 3.81. The van der Waals surface area contributed by atoms with E-state index in [4.69, 9.17) is 19.9 Å². The number of benzene rings is 1. The van der Waals surface area contributed by atoms with Gasteiger partial charge in [-0.25, -0.2) is 0 Å². The Hall–Kier alpha value is -2.35. The molecule has 0 aliphatic rings. The van der Waals surface area contributed by atoms with E-state index in [1.54, 1.807) is 33.5 Å². The molecule has 0 saturated carbocycles. The van der Waals surface area contributed by atoms with Crippen LogP contribution in [0.2, 0.25) is 0 Å². The summed E-state index contributed by atoms with van der Waals surface area (Å²) in [6, 6.07) is 3.43. The topological polar surface area (TPSA) is 97.3 Å². The summed E-state index contributed by atoms with van der Waals surface area (Å²) in [6.07, 6.45) is 0. The van der Waals surface area contributed by atoms with Gasteiger partial charge >= 0.3 is 0 Å². The van der Waals surface area contributed by atoms with Crippen LogP contribution < -0.4 is 19.9 Å². The third kappa shape index (κ3) is 2.29. The van der Waals surface area contributed by atoms with Crippen molar-refractivity contribution in [1.82, 2.24) is 20.2 Å². The van der Waals surface area contributed by atoms with Crippen molar-refractivity contribution in [2.75, 3.05) is 21.3 Å². The summed E-state index contributed by atoms with van der Waals surface area (Å²) in [5.74, 6) is 2.19. The monoisotopic (exact) mass is 265 g/mol. The Balaban J connectivity index is 2.61. The number of hydrogen-bond acceptors (Lipinski definition) is 7. The van der Waals surface area contributed by atoms with E-state index in [1.807, 2.05) is 0 Å². The molecule has 0 radical (unpaired) electrons. The van der Waals surface area contributed by atoms with Crippen LogP contribution in [0.25, 0.3) is 5.69 Å². The van der Waals surface area contributed by atoms with Crippen molar-refractivity contribution >= 4 is 0 Å². The van der Waals surface area contributed by atoms with Crippen LogP contribution in [0.3, 0.4) is 0 Å². The van der Waals surface area contributed by atoms with E-state index in [0.29, 0.717) is 28.8 Å². The Morgan fingerprint density at radius 3 is 2.26 bits per heavy atom. The molecule has 1 aromatic carbocycles. The van der Waals surface area contributed by atoms with Crippen molar-refractivity contribution in [2.45, 2.75) is 6.54 Å². The summed E-state index contributed by atoms with van der Waals surface area (Å²) in [5.41, 5.74) is 6.22. The lowest BCUT2D eigenvalue weighted by molar-refractivity contribution is 0.348. The van der Waals surface area contributed by atoms with Gasteiger partial charge < -0.3 is 19.9 Å². The molecule has 102 valence electrons. The highest BCUT2D eigenvalue weighted by Crippen LogP contribution is 2.36. The number of hydrogen-bond donors (Lipinski definition) is 1. The largest absolute Gasteiger partial charge is 0.494 e. The molecule has 0 unspecified atom stereocenters. The lowest BCUT2D eigenvalue weighted by atomic mass is 10.2. The van der Waals surface area contributed by atoms with Crippen LogP contribution in [0, 0.1) is 0 Å². The second-order valence-electron chi connectivity index (χ2n) is 3.59. The zero-order valence-corrected chi connectivity index (χ0v) is 11.0. The van der Waals surface area contributed by atoms with Crippen molar-refractivity contribution in [1.29, 1.82) is 0 Å². The summed E-state index contributed by atoms with van der Waals surface area (Å²) >= 11 is 0. The average molecular weight is 265 g/mol. The highest BCUT2D eigenvalue weighted by Gasteiger charge is 2.16. The number of methoxy groups -OCH3 is 3. The van der Waals surface area contributed by atoms with Gasteiger partial charge in [0, 0.05) is 12.1 Å². The number of nitrogens with two attached hydrogens (primary N) is 1. The lowest BCUT2D eigenvalue weighted by Gasteiger charge is -2.14. The number of ether oxygens (including phenoxy) is 3. The van der Waals surface area contributed by atoms with E-state index < -0.39 is 0 Å². The second-order valence-corrected chi connectivity index (χ2v) is 3.59. The standard InChI is InChI=1S/C11H15N5O3/c1-17-8-5-10(19-3)9(18-2)4-7(8)16-11(6-12)13-14-15-16/h4-5H,6,12H2,1-3H3. The van der Waals surface area contributed by atoms with Crippen molar-refractivity contribution in [3.8, 4) is 22.9 Å². The molecule has 0 atom stereocenters. The molecule has 0 spiro atoms. The van der Waals surface area contributed by atoms with Gasteiger partial charge in [0.1, 0.15) is 11.4 Å². The maximum Gasteiger partial charge on any atom is 0.170 e. The molecule has 0 bridgehead atoms. The Morgan fingerprint density at radius 1 is 1.05 bits per heavy atom. The van der Waals surface area contributed by atoms with Crippen LogP contribution in [-0.4, -0.2) is 41.5 Å². The Labute approximate surface area is 110 Å². The first kappa shape index (κ1) is 13.1. The third-order valence-corrected chi connectivity index (χ3v) is 2.63. The number of aromatic nitrogens is 4. The van der Waals surface area contributed by atoms with Gasteiger partial charge in [0.15, 0.2) is 17.3 Å². The van der Waals surface area contributed by atoms with Crippen molar-refractivity contribution in [2.24, 2.45) is 5.73 Å². The van der Waals surface area contributed by atoms with Crippen LogP contribution >= 0.6 is 0 Å². The number of nitrogens with zero attached hydrogens (tertiary/aromatic N) is 4. The molecule has 1 aromatic heterocycles. The van der Waals surface area contributed by atoms with E-state index in [1.165, 1.54) is 4.68 Å². The zero-order valence-electron chi connectivity index (χ0n) is 11.0. The summed E-state index contributed by atoms with van der Waals surface area (Å²) in [5, 5.41) is 11.3. The van der Waals surface area contributed by atoms with Gasteiger partial charge in [-0.3, -0.25) is 0 Å². The van der Waals surface area contributed by atoms with E-state index in [9.17, 15) is 0 Å². The maximum atomic E-state index is 5.59. The van der Waals surface area contributed by atoms with Crippen LogP contribution in [0.1, 0.15) is 5.82 Å². The fourth-order valence-electron chi connectivity index (χ4n) is 1.70. The first-order valence-corrected chi connectivity index (χ1v) is 5.52. The quantitative estimate of drug-likeness (QED) is 0.821. The van der Waals surface area contributed by atoms with Gasteiger partial charge in [0.05, 0.1) is 27.9 Å². The van der Waals surface area contributed by atoms with Crippen LogP contribution in [0.5, 0.6) is 17.2 Å². The van der Waals surface area contributed by atoms with E-state index in [2.05, 4.69) is 15.5 Å². The molecule has 0 aliphatic carbocycles. The third-order valence-electron chi connectivity index (χ3n) is 2.63. The molecule has 8 heteroatoms. The second kappa shape index (κ2) is 5.53. The van der Waals surface area contributed by atoms with Crippen LogP contribution in [0.15, 0.2) is 12.1 Å². The minimum Gasteiger partial charge on any atom is -0.494 e. The van der Waals surface area contributed by atoms with E-state index >= 15 is 0 Å². The molecule has 0 amide bonds. The summed E-state index contributed by atoms with van der Waals surface area (Å²) < 4.78 is 17.3. The normalized spacial score (nSPS) is 10.3. The summed E-state index contributed by atoms with van der Waals surface area (Å²) in [6.45, 7) is 0.213. The van der Waals surface area contributed by atoms with Gasteiger partial charge in [0.2, 0.25) is 0 Å². The predicted molar refractivity (Wildman–Crippen MR) is 66.7 cm³/mol. The van der Waals surface area contributed by atoms with Gasteiger partial charge in [0.25, 0.3) is 0 Å². The molecule has 19 heavy (non-hydrogen) atoms. The summed E-state index contributed by atoms with van der Waals surface area (Å²) in [4.78, 5) is 0. The number of rotatable bonds is 5. The van der Waals surface area contributed by atoms with E-state index in [-0.39, 0.29) is 6.54 Å². The fourth-order valence-corrected chi connectivity index (χ4v) is 1.70. The van der Waals surface area contributed by atoms with Gasteiger partial charge in [-0.15, -0.1) is 5.10 Å². The van der Waals surface area contributed by atoms with Crippen molar-refractivity contribution in [3.63, 3.8) is 0 Å². The molecule has 0 saturated heterocycles.